The van der Waals surface area contributed by atoms with Crippen LogP contribution >= 0.6 is 0 Å². The number of rotatable bonds is 5. The van der Waals surface area contributed by atoms with Crippen molar-refractivity contribution < 1.29 is 13.9 Å². The molecule has 5 heteroatoms. The molecular formula is C62H64N2O3. The van der Waals surface area contributed by atoms with E-state index in [0.29, 0.717) is 0 Å². The van der Waals surface area contributed by atoms with Crippen LogP contribution in [0.4, 0.5) is 22.9 Å². The molecule has 2 atom stereocenters. The Kier molecular flexibility index (Phi) is 12.6. The maximum Gasteiger partial charge on any atom is 0.212 e. The van der Waals surface area contributed by atoms with E-state index in [1.165, 1.54) is 69.5 Å². The lowest BCUT2D eigenvalue weighted by atomic mass is 9.87. The lowest BCUT2D eigenvalue weighted by Crippen LogP contribution is -2.24. The molecule has 5 nitrogen and oxygen atoms in total. The molecule has 4 aromatic carbocycles. The van der Waals surface area contributed by atoms with Crippen molar-refractivity contribution in [1.29, 1.82) is 0 Å². The van der Waals surface area contributed by atoms with Crippen LogP contribution in [0.5, 0.6) is 5.75 Å². The van der Waals surface area contributed by atoms with Gasteiger partial charge in [-0.3, -0.25) is 9.80 Å². The number of aryl methyl sites for hydroxylation is 2. The van der Waals surface area contributed by atoms with Gasteiger partial charge in [0.25, 0.3) is 0 Å². The minimum Gasteiger partial charge on any atom is -0.491 e. The molecule has 5 aromatic rings. The maximum atomic E-state index is 6.81. The highest BCUT2D eigenvalue weighted by Crippen LogP contribution is 2.73. The number of benzene rings is 4. The first-order valence-corrected chi connectivity index (χ1v) is 23.8. The zero-order chi connectivity index (χ0) is 45.4. The molecule has 0 N–H and O–H groups in total. The summed E-state index contributed by atoms with van der Waals surface area (Å²) >= 11 is 0. The number of hydrogen-bond acceptors (Lipinski definition) is 5. The summed E-state index contributed by atoms with van der Waals surface area (Å²) in [5.41, 5.74) is 17.1. The molecule has 1 fully saturated rings. The molecule has 7 aliphatic rings. The second-order valence-electron chi connectivity index (χ2n) is 18.3. The number of anilines is 4. The molecule has 1 aromatic heterocycles. The van der Waals surface area contributed by atoms with Gasteiger partial charge >= 0.3 is 0 Å². The average Bonchev–Trinajstić information content (AvgIpc) is 3.90. The average molecular weight is 885 g/mol. The van der Waals surface area contributed by atoms with Crippen LogP contribution in [0.1, 0.15) is 92.8 Å². The van der Waals surface area contributed by atoms with Crippen molar-refractivity contribution in [2.75, 3.05) is 16.4 Å². The van der Waals surface area contributed by atoms with Gasteiger partial charge in [-0.1, -0.05) is 141 Å². The van der Waals surface area contributed by atoms with Gasteiger partial charge in [-0.2, -0.15) is 0 Å². The van der Waals surface area contributed by atoms with E-state index in [1.54, 1.807) is 0 Å². The molecule has 0 saturated heterocycles. The van der Waals surface area contributed by atoms with Gasteiger partial charge in [-0.25, -0.2) is 0 Å². The third-order valence-electron chi connectivity index (χ3n) is 14.3. The molecule has 4 aliphatic heterocycles. The first kappa shape index (κ1) is 45.2. The molecule has 2 unspecified atom stereocenters. The van der Waals surface area contributed by atoms with E-state index < -0.39 is 0 Å². The standard InChI is InChI=1S/C28H27NO.C27H23NO2.C6H10.CH4/c1-3-4-5-10-21-16-17-25-24-13-8-9-14-27(24)30-28(25)29(19-21)26-18-15-20(2)22-11-6-7-12-23(22)26;1-18-10-13-23(24-20(18)8-6-16-29-24)28-22-9-3-2-7-19(22)11-12-21-25(28)30-27-15-5-4-14-26(21,27)17-27;1-4-6(3)5-2;/h3-5,8-10,13-19H,6-7,11-12H2,1-2H3;2-5,7,9-15H,6,8,16-17H2,1H3;4-5H,1H2,2-3H3;1H4/b4-3-,10-5-;;6-5-;. The molecule has 67 heavy (non-hydrogen) atoms. The largest absolute Gasteiger partial charge is 0.491 e. The summed E-state index contributed by atoms with van der Waals surface area (Å²) in [6, 6.07) is 25.8. The lowest BCUT2D eigenvalue weighted by Gasteiger charge is -2.32. The van der Waals surface area contributed by atoms with E-state index >= 15 is 0 Å². The van der Waals surface area contributed by atoms with Crippen molar-refractivity contribution in [3.8, 4) is 5.75 Å². The number of ether oxygens (including phenoxy) is 2. The van der Waals surface area contributed by atoms with Crippen LogP contribution in [0.15, 0.2) is 186 Å². The van der Waals surface area contributed by atoms with E-state index in [9.17, 15) is 0 Å². The zero-order valence-corrected chi connectivity index (χ0v) is 39.1. The number of para-hydroxylation sites is 2. The number of fused-ring (bicyclic) bond motifs is 6. The van der Waals surface area contributed by atoms with Crippen LogP contribution in [0.25, 0.3) is 23.1 Å². The van der Waals surface area contributed by atoms with Gasteiger partial charge in [0.1, 0.15) is 16.9 Å². The van der Waals surface area contributed by atoms with Crippen molar-refractivity contribution in [1.82, 2.24) is 0 Å². The first-order valence-electron chi connectivity index (χ1n) is 23.8. The summed E-state index contributed by atoms with van der Waals surface area (Å²) in [5.74, 6) is 2.86. The fourth-order valence-corrected chi connectivity index (χ4v) is 10.5. The summed E-state index contributed by atoms with van der Waals surface area (Å²) in [6.45, 7) is 14.8. The van der Waals surface area contributed by atoms with Crippen molar-refractivity contribution in [2.24, 2.45) is 5.41 Å². The Morgan fingerprint density at radius 2 is 1.49 bits per heavy atom. The Morgan fingerprint density at radius 1 is 0.746 bits per heavy atom. The molecular weight excluding hydrogens is 821 g/mol. The molecule has 5 heterocycles. The van der Waals surface area contributed by atoms with E-state index in [2.05, 4.69) is 170 Å². The van der Waals surface area contributed by atoms with Crippen molar-refractivity contribution in [3.05, 3.63) is 220 Å². The summed E-state index contributed by atoms with van der Waals surface area (Å²) < 4.78 is 19.5. The van der Waals surface area contributed by atoms with Gasteiger partial charge < -0.3 is 13.9 Å². The Bertz CT molecular complexity index is 3030. The zero-order valence-electron chi connectivity index (χ0n) is 39.1. The van der Waals surface area contributed by atoms with Gasteiger partial charge in [0.2, 0.25) is 11.8 Å². The van der Waals surface area contributed by atoms with Crippen LogP contribution in [-0.4, -0.2) is 12.2 Å². The maximum absolute atomic E-state index is 6.81. The highest BCUT2D eigenvalue weighted by Gasteiger charge is 2.74. The molecule has 0 amide bonds. The minimum absolute atomic E-state index is 0. The quantitative estimate of drug-likeness (QED) is 0.164. The van der Waals surface area contributed by atoms with Crippen LogP contribution < -0.4 is 14.5 Å². The van der Waals surface area contributed by atoms with Crippen LogP contribution in [0.2, 0.25) is 0 Å². The molecule has 340 valence electrons. The number of nitrogens with zero attached hydrogens (tertiary/aromatic N) is 2. The summed E-state index contributed by atoms with van der Waals surface area (Å²) in [5, 5.41) is 1.15. The fraction of sp³-hybridized carbons (Fsp3) is 0.258. The van der Waals surface area contributed by atoms with Crippen LogP contribution in [0, 0.1) is 19.3 Å². The van der Waals surface area contributed by atoms with Crippen LogP contribution in [-0.2, 0) is 24.0 Å². The van der Waals surface area contributed by atoms with E-state index in [1.807, 2.05) is 45.1 Å². The second kappa shape index (κ2) is 18.7. The molecule has 3 aliphatic carbocycles. The third kappa shape index (κ3) is 7.99. The predicted molar refractivity (Wildman–Crippen MR) is 282 cm³/mol. The highest BCUT2D eigenvalue weighted by atomic mass is 16.5. The predicted octanol–water partition coefficient (Wildman–Crippen LogP) is 16.6. The Hall–Kier alpha value is -6.98. The van der Waals surface area contributed by atoms with Crippen molar-refractivity contribution in [3.63, 3.8) is 0 Å². The van der Waals surface area contributed by atoms with Gasteiger partial charge in [-0.05, 0) is 149 Å². The van der Waals surface area contributed by atoms with Gasteiger partial charge in [-0.15, -0.1) is 0 Å². The summed E-state index contributed by atoms with van der Waals surface area (Å²) in [6.07, 6.45) is 40.1. The van der Waals surface area contributed by atoms with E-state index in [0.717, 1.165) is 83.3 Å². The monoisotopic (exact) mass is 884 g/mol. The van der Waals surface area contributed by atoms with Gasteiger partial charge in [0, 0.05) is 29.1 Å². The summed E-state index contributed by atoms with van der Waals surface area (Å²) in [4.78, 5) is 4.57. The lowest BCUT2D eigenvalue weighted by molar-refractivity contribution is 0.134. The second-order valence-corrected chi connectivity index (χ2v) is 18.3. The topological polar surface area (TPSA) is 38.1 Å². The molecule has 0 radical (unpaired) electrons. The smallest absolute Gasteiger partial charge is 0.212 e. The Labute approximate surface area is 398 Å². The number of furan rings is 1. The van der Waals surface area contributed by atoms with Crippen molar-refractivity contribution in [2.45, 2.75) is 92.6 Å². The first-order chi connectivity index (χ1) is 32.3. The van der Waals surface area contributed by atoms with Gasteiger partial charge in [0.15, 0.2) is 0 Å². The molecule has 12 rings (SSSR count). The number of allylic oxidation sites excluding steroid dienone is 12. The third-order valence-corrected chi connectivity index (χ3v) is 14.3. The molecule has 0 bridgehead atoms. The summed E-state index contributed by atoms with van der Waals surface area (Å²) in [7, 11) is 0. The minimum atomic E-state index is -0.229. The highest BCUT2D eigenvalue weighted by molar-refractivity contribution is 5.96. The number of hydrogen-bond donors (Lipinski definition) is 0. The Balaban J connectivity index is 0.000000148. The van der Waals surface area contributed by atoms with E-state index in [-0.39, 0.29) is 18.4 Å². The SMILES string of the molecule is C.C/C=C\C=C/C1=CN(c2ccc(C)c3c2CCCC3)c2oc3ccccc3c2C=C1.C=C/C(C)=C\C.Cc1ccc(N2C3=C(C=Cc4ccccc42)C24C=CC=CC2(C4)O3)c2c1CCCO2. The van der Waals surface area contributed by atoms with Crippen LogP contribution in [0.3, 0.4) is 0 Å². The normalized spacial score (nSPS) is 21.3. The van der Waals surface area contributed by atoms with Gasteiger partial charge in [0.05, 0.1) is 29.1 Å². The van der Waals surface area contributed by atoms with Crippen molar-refractivity contribution >= 4 is 46.1 Å². The Morgan fingerprint density at radius 3 is 2.30 bits per heavy atom. The molecule has 1 saturated carbocycles. The fourth-order valence-electron chi connectivity index (χ4n) is 10.5. The molecule has 0 spiro atoms. The van der Waals surface area contributed by atoms with E-state index in [4.69, 9.17) is 13.9 Å².